The van der Waals surface area contributed by atoms with Crippen molar-refractivity contribution in [1.82, 2.24) is 5.43 Å². The third-order valence-electron chi connectivity index (χ3n) is 3.18. The Morgan fingerprint density at radius 2 is 2.04 bits per heavy atom. The fourth-order valence-electron chi connectivity index (χ4n) is 2.01. The number of halogens is 1. The number of aromatic hydroxyl groups is 1. The van der Waals surface area contributed by atoms with Crippen LogP contribution in [-0.4, -0.2) is 30.4 Å². The third-order valence-corrected chi connectivity index (χ3v) is 3.42. The lowest BCUT2D eigenvalue weighted by Crippen LogP contribution is -2.24. The van der Waals surface area contributed by atoms with E-state index in [1.165, 1.54) is 12.3 Å². The quantitative estimate of drug-likeness (QED) is 0.585. The summed E-state index contributed by atoms with van der Waals surface area (Å²) in [7, 11) is 0. The summed E-state index contributed by atoms with van der Waals surface area (Å²) < 4.78 is 10.7. The molecule has 0 bridgehead atoms. The fourth-order valence-corrected chi connectivity index (χ4v) is 2.24. The molecular weight excluding hydrogens is 344 g/mol. The molecule has 132 valence electrons. The number of phenols is 1. The molecule has 0 radical (unpaired) electrons. The van der Waals surface area contributed by atoms with Gasteiger partial charge in [0.05, 0.1) is 12.8 Å². The van der Waals surface area contributed by atoms with Gasteiger partial charge < -0.3 is 14.6 Å². The first-order valence-corrected chi connectivity index (χ1v) is 8.04. The van der Waals surface area contributed by atoms with Crippen LogP contribution in [0.25, 0.3) is 0 Å². The van der Waals surface area contributed by atoms with Crippen LogP contribution in [0.5, 0.6) is 17.2 Å². The Balaban J connectivity index is 1.87. The molecule has 0 saturated heterocycles. The first kappa shape index (κ1) is 18.6. The molecule has 7 heteroatoms. The van der Waals surface area contributed by atoms with E-state index in [0.29, 0.717) is 28.7 Å². The zero-order valence-corrected chi connectivity index (χ0v) is 14.7. The minimum atomic E-state index is -0.394. The molecule has 2 aromatic carbocycles. The summed E-state index contributed by atoms with van der Waals surface area (Å²) in [5.41, 5.74) is 3.90. The van der Waals surface area contributed by atoms with E-state index in [2.05, 4.69) is 10.5 Å². The fraction of sp³-hybridized carbons (Fsp3) is 0.222. The van der Waals surface area contributed by atoms with Crippen LogP contribution in [0.15, 0.2) is 41.5 Å². The average molecular weight is 363 g/mol. The molecule has 0 unspecified atom stereocenters. The van der Waals surface area contributed by atoms with Crippen molar-refractivity contribution in [2.24, 2.45) is 5.10 Å². The van der Waals surface area contributed by atoms with Gasteiger partial charge in [-0.05, 0) is 61.4 Å². The molecule has 0 saturated carbocycles. The maximum absolute atomic E-state index is 11.8. The molecule has 0 aliphatic carbocycles. The summed E-state index contributed by atoms with van der Waals surface area (Å²) in [4.78, 5) is 11.8. The average Bonchev–Trinajstić information content (AvgIpc) is 2.57. The Hall–Kier alpha value is -2.73. The molecular formula is C18H19ClN2O4. The SMILES string of the molecule is CCOc1cc(C=NNC(=O)COc2ccc(Cl)cc2C)ccc1O. The number of carbonyl (C=O) groups excluding carboxylic acids is 1. The van der Waals surface area contributed by atoms with Gasteiger partial charge in [0.1, 0.15) is 5.75 Å². The monoisotopic (exact) mass is 362 g/mol. The summed E-state index contributed by atoms with van der Waals surface area (Å²) >= 11 is 5.87. The first-order valence-electron chi connectivity index (χ1n) is 7.66. The lowest BCUT2D eigenvalue weighted by molar-refractivity contribution is -0.123. The third kappa shape index (κ3) is 5.69. The number of hydrazone groups is 1. The van der Waals surface area contributed by atoms with Gasteiger partial charge >= 0.3 is 0 Å². The molecule has 0 fully saturated rings. The molecule has 2 rings (SSSR count). The minimum absolute atomic E-state index is 0.0507. The van der Waals surface area contributed by atoms with Gasteiger partial charge in [0.25, 0.3) is 5.91 Å². The highest BCUT2D eigenvalue weighted by molar-refractivity contribution is 6.30. The second kappa shape index (κ2) is 8.94. The van der Waals surface area contributed by atoms with Crippen molar-refractivity contribution < 1.29 is 19.4 Å². The van der Waals surface area contributed by atoms with Gasteiger partial charge in [-0.3, -0.25) is 4.79 Å². The zero-order valence-electron chi connectivity index (χ0n) is 14.0. The van der Waals surface area contributed by atoms with Gasteiger partial charge in [0, 0.05) is 5.02 Å². The number of amides is 1. The van der Waals surface area contributed by atoms with Crippen LogP contribution >= 0.6 is 11.6 Å². The van der Waals surface area contributed by atoms with E-state index in [1.54, 1.807) is 30.3 Å². The van der Waals surface area contributed by atoms with Crippen molar-refractivity contribution in [3.05, 3.63) is 52.5 Å². The number of aryl methyl sites for hydroxylation is 1. The lowest BCUT2D eigenvalue weighted by Gasteiger charge is -2.08. The second-order valence-corrected chi connectivity index (χ2v) is 5.59. The van der Waals surface area contributed by atoms with Crippen molar-refractivity contribution >= 4 is 23.7 Å². The summed E-state index contributed by atoms with van der Waals surface area (Å²) in [6.07, 6.45) is 1.45. The molecule has 2 aromatic rings. The summed E-state index contributed by atoms with van der Waals surface area (Å²) in [6.45, 7) is 3.94. The van der Waals surface area contributed by atoms with Crippen molar-refractivity contribution in [2.75, 3.05) is 13.2 Å². The van der Waals surface area contributed by atoms with E-state index >= 15 is 0 Å². The summed E-state index contributed by atoms with van der Waals surface area (Å²) in [5.74, 6) is 0.604. The molecule has 2 N–H and O–H groups in total. The van der Waals surface area contributed by atoms with E-state index < -0.39 is 5.91 Å². The molecule has 0 atom stereocenters. The minimum Gasteiger partial charge on any atom is -0.504 e. The van der Waals surface area contributed by atoms with Crippen molar-refractivity contribution in [1.29, 1.82) is 0 Å². The number of hydrogen-bond acceptors (Lipinski definition) is 5. The van der Waals surface area contributed by atoms with Crippen molar-refractivity contribution in [3.63, 3.8) is 0 Å². The predicted octanol–water partition coefficient (Wildman–Crippen LogP) is 3.28. The normalized spacial score (nSPS) is 10.7. The van der Waals surface area contributed by atoms with Crippen LogP contribution in [0.1, 0.15) is 18.1 Å². The van der Waals surface area contributed by atoms with Crippen LogP contribution in [0.4, 0.5) is 0 Å². The number of nitrogens with one attached hydrogen (secondary N) is 1. The van der Waals surface area contributed by atoms with Gasteiger partial charge in [-0.15, -0.1) is 0 Å². The Bertz CT molecular complexity index is 778. The van der Waals surface area contributed by atoms with E-state index in [9.17, 15) is 9.90 Å². The molecule has 1 amide bonds. The van der Waals surface area contributed by atoms with Crippen LogP contribution in [0.3, 0.4) is 0 Å². The number of phenolic OH excluding ortho intramolecular Hbond substituents is 1. The number of nitrogens with zero attached hydrogens (tertiary/aromatic N) is 1. The second-order valence-electron chi connectivity index (χ2n) is 5.15. The molecule has 25 heavy (non-hydrogen) atoms. The van der Waals surface area contributed by atoms with Gasteiger partial charge in [-0.1, -0.05) is 11.6 Å². The molecule has 0 heterocycles. The number of benzene rings is 2. The van der Waals surface area contributed by atoms with Crippen molar-refractivity contribution in [3.8, 4) is 17.2 Å². The Kier molecular flexibility index (Phi) is 6.65. The van der Waals surface area contributed by atoms with E-state index in [1.807, 2.05) is 13.8 Å². The Morgan fingerprint density at radius 1 is 1.24 bits per heavy atom. The highest BCUT2D eigenvalue weighted by atomic mass is 35.5. The smallest absolute Gasteiger partial charge is 0.277 e. The number of rotatable bonds is 7. The zero-order chi connectivity index (χ0) is 18.2. The molecule has 0 aliphatic heterocycles. The van der Waals surface area contributed by atoms with Crippen LogP contribution in [0.2, 0.25) is 5.02 Å². The van der Waals surface area contributed by atoms with E-state index in [4.69, 9.17) is 21.1 Å². The highest BCUT2D eigenvalue weighted by Crippen LogP contribution is 2.26. The van der Waals surface area contributed by atoms with Gasteiger partial charge in [-0.25, -0.2) is 5.43 Å². The lowest BCUT2D eigenvalue weighted by atomic mass is 10.2. The van der Waals surface area contributed by atoms with Gasteiger partial charge in [0.15, 0.2) is 18.1 Å². The first-order chi connectivity index (χ1) is 12.0. The predicted molar refractivity (Wildman–Crippen MR) is 96.7 cm³/mol. The van der Waals surface area contributed by atoms with Gasteiger partial charge in [-0.2, -0.15) is 5.10 Å². The van der Waals surface area contributed by atoms with Crippen LogP contribution < -0.4 is 14.9 Å². The largest absolute Gasteiger partial charge is 0.504 e. The molecule has 0 aromatic heterocycles. The van der Waals surface area contributed by atoms with Crippen LogP contribution in [-0.2, 0) is 4.79 Å². The molecule has 0 aliphatic rings. The van der Waals surface area contributed by atoms with Gasteiger partial charge in [0.2, 0.25) is 0 Å². The summed E-state index contributed by atoms with van der Waals surface area (Å²) in [6, 6.07) is 9.94. The highest BCUT2D eigenvalue weighted by Gasteiger charge is 2.05. The van der Waals surface area contributed by atoms with Crippen molar-refractivity contribution in [2.45, 2.75) is 13.8 Å². The maximum Gasteiger partial charge on any atom is 0.277 e. The number of hydrogen-bond donors (Lipinski definition) is 2. The topological polar surface area (TPSA) is 80.2 Å². The number of ether oxygens (including phenoxy) is 2. The molecule has 6 nitrogen and oxygen atoms in total. The van der Waals surface area contributed by atoms with Crippen LogP contribution in [0, 0.1) is 6.92 Å². The molecule has 0 spiro atoms. The van der Waals surface area contributed by atoms with E-state index in [0.717, 1.165) is 5.56 Å². The van der Waals surface area contributed by atoms with E-state index in [-0.39, 0.29) is 12.4 Å². The maximum atomic E-state index is 11.8. The summed E-state index contributed by atoms with van der Waals surface area (Å²) in [5, 5.41) is 14.1. The Labute approximate surface area is 151 Å². The standard InChI is InChI=1S/C18H19ClN2O4/c1-3-24-17-9-13(4-6-15(17)22)10-20-21-18(23)11-25-16-7-5-14(19)8-12(16)2/h4-10,22H,3,11H2,1-2H3,(H,21,23). The number of carbonyl (C=O) groups is 1. The Morgan fingerprint density at radius 3 is 2.76 bits per heavy atom.